The van der Waals surface area contributed by atoms with Gasteiger partial charge in [0.2, 0.25) is 10.0 Å². The molecular weight excluding hydrogens is 352 g/mol. The minimum absolute atomic E-state index is 0.00542. The highest BCUT2D eigenvalue weighted by Crippen LogP contribution is 2.32. The Morgan fingerprint density at radius 1 is 1.26 bits per heavy atom. The molecule has 1 aromatic carbocycles. The Kier molecular flexibility index (Phi) is 4.76. The van der Waals surface area contributed by atoms with Crippen LogP contribution in [0.2, 0.25) is 5.02 Å². The van der Waals surface area contributed by atoms with E-state index < -0.39 is 10.0 Å². The van der Waals surface area contributed by atoms with Crippen LogP contribution in [0.5, 0.6) is 0 Å². The first-order valence-corrected chi connectivity index (χ1v) is 8.82. The second-order valence-electron chi connectivity index (χ2n) is 4.76. The molecule has 1 aliphatic carbocycles. The lowest BCUT2D eigenvalue weighted by Gasteiger charge is -2.23. The molecule has 0 atom stereocenters. The zero-order valence-corrected chi connectivity index (χ0v) is 13.5. The summed E-state index contributed by atoms with van der Waals surface area (Å²) in [5, 5.41) is 0.310. The van der Waals surface area contributed by atoms with Gasteiger partial charge in [0.05, 0.1) is 9.37 Å². The third kappa shape index (κ3) is 3.62. The Morgan fingerprint density at radius 2 is 1.89 bits per heavy atom. The number of hydrogen-bond donors (Lipinski definition) is 2. The van der Waals surface area contributed by atoms with Crippen molar-refractivity contribution in [2.45, 2.75) is 43.0 Å². The molecule has 0 radical (unpaired) electrons. The SMILES string of the molecule is Nc1cc(Cl)cc(S(=O)(=O)NC2CCCCC2)c1Br. The Balaban J connectivity index is 2.28. The van der Waals surface area contributed by atoms with Crippen LogP contribution in [-0.2, 0) is 10.0 Å². The number of halogens is 2. The number of hydrogen-bond acceptors (Lipinski definition) is 3. The topological polar surface area (TPSA) is 72.2 Å². The fourth-order valence-electron chi connectivity index (χ4n) is 2.28. The van der Waals surface area contributed by atoms with Crippen molar-refractivity contribution in [1.29, 1.82) is 0 Å². The summed E-state index contributed by atoms with van der Waals surface area (Å²) in [6.07, 6.45) is 5.06. The quantitative estimate of drug-likeness (QED) is 0.805. The second-order valence-corrected chi connectivity index (χ2v) is 7.68. The average Bonchev–Trinajstić information content (AvgIpc) is 2.34. The van der Waals surface area contributed by atoms with Gasteiger partial charge < -0.3 is 5.73 Å². The zero-order chi connectivity index (χ0) is 14.0. The van der Waals surface area contributed by atoms with Crippen LogP contribution in [0.25, 0.3) is 0 Å². The number of anilines is 1. The van der Waals surface area contributed by atoms with Crippen molar-refractivity contribution in [2.24, 2.45) is 0 Å². The molecule has 0 amide bonds. The predicted molar refractivity (Wildman–Crippen MR) is 80.8 cm³/mol. The van der Waals surface area contributed by atoms with Crippen molar-refractivity contribution in [2.75, 3.05) is 5.73 Å². The first-order chi connectivity index (χ1) is 8.90. The molecule has 0 unspecified atom stereocenters. The molecule has 4 nitrogen and oxygen atoms in total. The minimum atomic E-state index is -3.60. The fourth-order valence-corrected chi connectivity index (χ4v) is 4.88. The molecule has 1 aromatic rings. The van der Waals surface area contributed by atoms with Gasteiger partial charge in [-0.25, -0.2) is 13.1 Å². The Hall–Kier alpha value is -0.300. The van der Waals surface area contributed by atoms with Gasteiger partial charge in [-0.1, -0.05) is 30.9 Å². The van der Waals surface area contributed by atoms with Gasteiger partial charge in [0.25, 0.3) is 0 Å². The fraction of sp³-hybridized carbons (Fsp3) is 0.500. The molecule has 19 heavy (non-hydrogen) atoms. The molecule has 0 saturated heterocycles. The molecule has 0 heterocycles. The van der Waals surface area contributed by atoms with Gasteiger partial charge in [0.15, 0.2) is 0 Å². The summed E-state index contributed by atoms with van der Waals surface area (Å²) in [4.78, 5) is 0.100. The van der Waals surface area contributed by atoms with Crippen LogP contribution in [0.3, 0.4) is 0 Å². The van der Waals surface area contributed by atoms with Gasteiger partial charge in [-0.3, -0.25) is 0 Å². The highest BCUT2D eigenvalue weighted by molar-refractivity contribution is 9.10. The van der Waals surface area contributed by atoms with Crippen molar-refractivity contribution >= 4 is 43.2 Å². The van der Waals surface area contributed by atoms with E-state index in [0.717, 1.165) is 25.7 Å². The maximum atomic E-state index is 12.4. The molecule has 1 saturated carbocycles. The van der Waals surface area contributed by atoms with Crippen LogP contribution in [0.1, 0.15) is 32.1 Å². The van der Waals surface area contributed by atoms with E-state index in [1.54, 1.807) is 0 Å². The lowest BCUT2D eigenvalue weighted by molar-refractivity contribution is 0.412. The monoisotopic (exact) mass is 366 g/mol. The van der Waals surface area contributed by atoms with Gasteiger partial charge in [-0.05, 0) is 40.9 Å². The Labute approximate surface area is 126 Å². The van der Waals surface area contributed by atoms with Crippen molar-refractivity contribution in [3.63, 3.8) is 0 Å². The number of sulfonamides is 1. The standard InChI is InChI=1S/C12H16BrClN2O2S/c13-12-10(15)6-8(14)7-11(12)19(17,18)16-9-4-2-1-3-5-9/h6-7,9,16H,1-5,15H2. The number of rotatable bonds is 3. The maximum absolute atomic E-state index is 12.4. The highest BCUT2D eigenvalue weighted by atomic mass is 79.9. The van der Waals surface area contributed by atoms with Crippen LogP contribution >= 0.6 is 27.5 Å². The van der Waals surface area contributed by atoms with E-state index in [1.807, 2.05) is 0 Å². The van der Waals surface area contributed by atoms with Gasteiger partial charge in [0.1, 0.15) is 0 Å². The summed E-state index contributed by atoms with van der Waals surface area (Å²) in [6.45, 7) is 0. The van der Waals surface area contributed by atoms with E-state index in [-0.39, 0.29) is 10.9 Å². The highest BCUT2D eigenvalue weighted by Gasteiger charge is 2.24. The molecule has 3 N–H and O–H groups in total. The van der Waals surface area contributed by atoms with E-state index >= 15 is 0 Å². The molecule has 0 aliphatic heterocycles. The number of nitrogen functional groups attached to an aromatic ring is 1. The zero-order valence-electron chi connectivity index (χ0n) is 10.3. The lowest BCUT2D eigenvalue weighted by atomic mass is 9.96. The average molecular weight is 368 g/mol. The van der Waals surface area contributed by atoms with E-state index in [0.29, 0.717) is 15.2 Å². The van der Waals surface area contributed by atoms with Gasteiger partial charge >= 0.3 is 0 Å². The molecule has 1 fully saturated rings. The van der Waals surface area contributed by atoms with E-state index in [1.165, 1.54) is 18.6 Å². The number of benzene rings is 1. The van der Waals surface area contributed by atoms with Crippen molar-refractivity contribution in [1.82, 2.24) is 4.72 Å². The minimum Gasteiger partial charge on any atom is -0.398 e. The molecule has 0 bridgehead atoms. The maximum Gasteiger partial charge on any atom is 0.242 e. The molecule has 1 aliphatic rings. The van der Waals surface area contributed by atoms with Crippen LogP contribution in [0.15, 0.2) is 21.5 Å². The lowest BCUT2D eigenvalue weighted by Crippen LogP contribution is -2.36. The second kappa shape index (κ2) is 5.99. The summed E-state index contributed by atoms with van der Waals surface area (Å²) in [6, 6.07) is 2.93. The third-order valence-corrected chi connectivity index (χ3v) is 6.16. The van der Waals surface area contributed by atoms with Crippen LogP contribution < -0.4 is 10.5 Å². The number of nitrogens with one attached hydrogen (secondary N) is 1. The van der Waals surface area contributed by atoms with E-state index in [4.69, 9.17) is 17.3 Å². The molecule has 106 valence electrons. The van der Waals surface area contributed by atoms with Crippen LogP contribution in [-0.4, -0.2) is 14.5 Å². The first-order valence-electron chi connectivity index (χ1n) is 6.17. The summed E-state index contributed by atoms with van der Waals surface area (Å²) in [5.41, 5.74) is 6.04. The largest absolute Gasteiger partial charge is 0.398 e. The third-order valence-electron chi connectivity index (χ3n) is 3.25. The molecular formula is C12H16BrClN2O2S. The van der Waals surface area contributed by atoms with Gasteiger partial charge in [-0.2, -0.15) is 0 Å². The van der Waals surface area contributed by atoms with E-state index in [9.17, 15) is 8.42 Å². The van der Waals surface area contributed by atoms with Crippen molar-refractivity contribution < 1.29 is 8.42 Å². The van der Waals surface area contributed by atoms with Crippen LogP contribution in [0.4, 0.5) is 5.69 Å². The molecule has 7 heteroatoms. The number of nitrogens with two attached hydrogens (primary N) is 1. The van der Waals surface area contributed by atoms with Crippen molar-refractivity contribution in [3.8, 4) is 0 Å². The van der Waals surface area contributed by atoms with Gasteiger partial charge in [0, 0.05) is 16.8 Å². The molecule has 2 rings (SSSR count). The summed E-state index contributed by atoms with van der Waals surface area (Å²) >= 11 is 9.09. The Morgan fingerprint density at radius 3 is 2.53 bits per heavy atom. The molecule has 0 aromatic heterocycles. The van der Waals surface area contributed by atoms with Crippen molar-refractivity contribution in [3.05, 3.63) is 21.6 Å². The normalized spacial score (nSPS) is 17.6. The smallest absolute Gasteiger partial charge is 0.242 e. The van der Waals surface area contributed by atoms with Gasteiger partial charge in [-0.15, -0.1) is 0 Å². The first kappa shape index (κ1) is 15.1. The summed E-state index contributed by atoms with van der Waals surface area (Å²) < 4.78 is 27.8. The Bertz CT molecular complexity index is 571. The molecule has 0 spiro atoms. The van der Waals surface area contributed by atoms with E-state index in [2.05, 4.69) is 20.7 Å². The van der Waals surface area contributed by atoms with Crippen LogP contribution in [0, 0.1) is 0 Å². The predicted octanol–water partition coefficient (Wildman–Crippen LogP) is 3.30. The summed E-state index contributed by atoms with van der Waals surface area (Å²) in [5.74, 6) is 0. The summed E-state index contributed by atoms with van der Waals surface area (Å²) in [7, 11) is -3.60.